The fourth-order valence-electron chi connectivity index (χ4n) is 8.01. The number of nitrogens with zero attached hydrogens (tertiary/aromatic N) is 1. The number of hydrogen-bond donors (Lipinski definition) is 14. The first-order valence-corrected chi connectivity index (χ1v) is 25.2. The number of guanidine groups is 1. The van der Waals surface area contributed by atoms with Crippen LogP contribution in [0.3, 0.4) is 0 Å². The number of oxime groups is 1. The second-order valence-corrected chi connectivity index (χ2v) is 18.7. The molecule has 3 amide bonds. The van der Waals surface area contributed by atoms with Crippen LogP contribution < -0.4 is 27.6 Å². The maximum absolute atomic E-state index is 13.0. The fourth-order valence-corrected chi connectivity index (χ4v) is 8.01. The Balaban J connectivity index is 2.37. The van der Waals surface area contributed by atoms with Crippen molar-refractivity contribution in [2.24, 2.45) is 28.5 Å². The number of amides is 3. The Morgan fingerprint density at radius 3 is 1.99 bits per heavy atom. The SMILES string of the molecule is C=C[C@@H]1[C@H](O)[C@@H](C)/C=C/C=C/C=C/C=C/C=C/C=C/C=C/[C@H](O[C@H]2CC[C@H](ON=C(N)N)[C@@H](C)O2)CC[C@H](NC(=O)NNC(=O)CCO)CCC(O)(O)C[C@@H](O)C[C@@H](O)[C@H](O)CC[C@@H](O)C[C@@H](O)CC(=O)O[C@H]1C. The van der Waals surface area contributed by atoms with Crippen LogP contribution in [0.1, 0.15) is 104 Å². The summed E-state index contributed by atoms with van der Waals surface area (Å²) in [5.41, 5.74) is 15.2. The van der Waals surface area contributed by atoms with Gasteiger partial charge >= 0.3 is 12.0 Å². The smallest absolute Gasteiger partial charge is 0.333 e. The fraction of sp³-hybridized carbons (Fsp3) is 0.615. The standard InChI is InChI=1S/C52H84N6O16/c1-5-42-35(3)71-47(66)32-39(61)30-38(60)21-23-43(63)44(64)31-40(62)33-52(69,70)28-26-37(55-51(68)57-56-46(65)27-29-59)20-22-41(73-48-25-24-45(36(4)72-48)74-58-50(53)54)19-17-15-13-11-9-7-6-8-10-12-14-16-18-34(2)49(42)67/h5-19,34-45,48-49,59-64,67,69-70H,1,20-33H2,2-4H3,(H,56,65)(H4,53,54,58)(H2,55,57,68)/b7-6+,10-8+,11-9+,14-12+,15-13+,18-16+,19-17+/t34-,35-,36+,37-,38+,39+,40-,41-,42-,43+,44+,45-,48-,49+/m0/s1. The zero-order valence-electron chi connectivity index (χ0n) is 42.8. The normalized spacial score (nSPS) is 35.2. The number of nitrogens with one attached hydrogen (secondary N) is 3. The van der Waals surface area contributed by atoms with Gasteiger partial charge in [0.2, 0.25) is 11.9 Å². The van der Waals surface area contributed by atoms with Crippen molar-refractivity contribution in [1.82, 2.24) is 16.2 Å². The van der Waals surface area contributed by atoms with Crippen LogP contribution >= 0.6 is 0 Å². The summed E-state index contributed by atoms with van der Waals surface area (Å²) in [5.74, 6) is -5.18. The molecule has 418 valence electrons. The van der Waals surface area contributed by atoms with Gasteiger partial charge in [-0.15, -0.1) is 6.58 Å². The maximum atomic E-state index is 13.0. The molecule has 0 saturated carbocycles. The third kappa shape index (κ3) is 28.4. The number of aliphatic hydroxyl groups is 9. The van der Waals surface area contributed by atoms with Gasteiger partial charge in [0.25, 0.3) is 0 Å². The summed E-state index contributed by atoms with van der Waals surface area (Å²) >= 11 is 0. The second kappa shape index (κ2) is 35.9. The molecule has 0 aromatic heterocycles. The third-order valence-electron chi connectivity index (χ3n) is 12.2. The van der Waals surface area contributed by atoms with Crippen molar-refractivity contribution < 1.29 is 79.4 Å². The summed E-state index contributed by atoms with van der Waals surface area (Å²) < 4.78 is 18.0. The largest absolute Gasteiger partial charge is 0.462 e. The molecule has 2 rings (SSSR count). The number of hydrogen-bond acceptors (Lipinski definition) is 17. The monoisotopic (exact) mass is 1050 g/mol. The van der Waals surface area contributed by atoms with Crippen LogP contribution in [0.4, 0.5) is 4.79 Å². The van der Waals surface area contributed by atoms with E-state index in [1.54, 1.807) is 56.4 Å². The molecule has 0 aliphatic carbocycles. The van der Waals surface area contributed by atoms with Crippen LogP contribution in [0.2, 0.25) is 0 Å². The second-order valence-electron chi connectivity index (χ2n) is 18.7. The summed E-state index contributed by atoms with van der Waals surface area (Å²) in [5, 5.41) is 102. The first-order chi connectivity index (χ1) is 35.1. The summed E-state index contributed by atoms with van der Waals surface area (Å²) in [6.45, 7) is 8.54. The van der Waals surface area contributed by atoms with Crippen molar-refractivity contribution in [3.05, 3.63) is 97.7 Å². The highest BCUT2D eigenvalue weighted by molar-refractivity contribution is 5.81. The minimum atomic E-state index is -2.53. The van der Waals surface area contributed by atoms with Crippen LogP contribution in [0.15, 0.2) is 103 Å². The van der Waals surface area contributed by atoms with Gasteiger partial charge in [-0.25, -0.2) is 10.2 Å². The number of cyclic esters (lactones) is 1. The van der Waals surface area contributed by atoms with E-state index in [1.807, 2.05) is 49.5 Å². The zero-order chi connectivity index (χ0) is 55.1. The van der Waals surface area contributed by atoms with Gasteiger partial charge in [0.1, 0.15) is 6.10 Å². The van der Waals surface area contributed by atoms with Crippen LogP contribution in [-0.4, -0.2) is 156 Å². The predicted molar refractivity (Wildman–Crippen MR) is 276 cm³/mol. The molecular weight excluding hydrogens is 965 g/mol. The number of carbonyl (C=O) groups is 3. The average molecular weight is 1050 g/mol. The molecule has 1 saturated heterocycles. The third-order valence-corrected chi connectivity index (χ3v) is 12.2. The molecule has 0 aromatic carbocycles. The van der Waals surface area contributed by atoms with E-state index in [2.05, 4.69) is 27.9 Å². The number of carbonyl (C=O) groups excluding carboxylic acids is 3. The predicted octanol–water partition coefficient (Wildman–Crippen LogP) is 1.58. The average Bonchev–Trinajstić information content (AvgIpc) is 3.32. The number of hydrazine groups is 1. The Kier molecular flexibility index (Phi) is 31.4. The van der Waals surface area contributed by atoms with E-state index < -0.39 is 135 Å². The lowest BCUT2D eigenvalue weighted by Crippen LogP contribution is -2.50. The topological polar surface area (TPSA) is 371 Å². The number of allylic oxidation sites excluding steroid dienone is 12. The van der Waals surface area contributed by atoms with Crippen molar-refractivity contribution in [1.29, 1.82) is 0 Å². The zero-order valence-corrected chi connectivity index (χ0v) is 42.8. The lowest BCUT2D eigenvalue weighted by molar-refractivity contribution is -0.236. The van der Waals surface area contributed by atoms with E-state index in [9.17, 15) is 55.2 Å². The van der Waals surface area contributed by atoms with E-state index >= 15 is 0 Å². The van der Waals surface area contributed by atoms with E-state index in [4.69, 9.17) is 35.6 Å². The first-order valence-electron chi connectivity index (χ1n) is 25.2. The molecular formula is C52H84N6O16. The van der Waals surface area contributed by atoms with Crippen molar-refractivity contribution in [3.63, 3.8) is 0 Å². The van der Waals surface area contributed by atoms with Gasteiger partial charge in [-0.1, -0.05) is 98.1 Å². The Labute approximate surface area is 434 Å². The number of nitrogens with two attached hydrogens (primary N) is 2. The van der Waals surface area contributed by atoms with Gasteiger partial charge in [0.05, 0.1) is 68.3 Å². The van der Waals surface area contributed by atoms with Crippen LogP contribution in [0.25, 0.3) is 0 Å². The first kappa shape index (κ1) is 64.9. The number of ether oxygens (including phenoxy) is 3. The van der Waals surface area contributed by atoms with Crippen molar-refractivity contribution in [2.45, 2.75) is 183 Å². The Bertz CT molecular complexity index is 1900. The van der Waals surface area contributed by atoms with Crippen LogP contribution in [0.5, 0.6) is 0 Å². The quantitative estimate of drug-likeness (QED) is 0.0410. The number of rotatable bonds is 8. The van der Waals surface area contributed by atoms with Crippen molar-refractivity contribution >= 4 is 23.9 Å². The molecule has 14 atom stereocenters. The maximum Gasteiger partial charge on any atom is 0.333 e. The van der Waals surface area contributed by atoms with E-state index in [-0.39, 0.29) is 56.8 Å². The Morgan fingerprint density at radius 2 is 1.39 bits per heavy atom. The van der Waals surface area contributed by atoms with Crippen LogP contribution in [0, 0.1) is 11.8 Å². The summed E-state index contributed by atoms with van der Waals surface area (Å²) in [6.07, 6.45) is 14.3. The molecule has 2 aliphatic heterocycles. The molecule has 74 heavy (non-hydrogen) atoms. The number of esters is 1. The lowest BCUT2D eigenvalue weighted by Gasteiger charge is -2.34. The molecule has 2 heterocycles. The molecule has 0 spiro atoms. The molecule has 22 nitrogen and oxygen atoms in total. The highest BCUT2D eigenvalue weighted by Gasteiger charge is 2.34. The van der Waals surface area contributed by atoms with Gasteiger partial charge in [0.15, 0.2) is 18.2 Å². The number of urea groups is 1. The highest BCUT2D eigenvalue weighted by atomic mass is 16.7. The Hall–Kier alpha value is -5.24. The molecule has 2 aliphatic rings. The van der Waals surface area contributed by atoms with E-state index in [1.165, 1.54) is 6.08 Å². The summed E-state index contributed by atoms with van der Waals surface area (Å²) in [6, 6.07) is -1.62. The van der Waals surface area contributed by atoms with Gasteiger partial charge in [-0.05, 0) is 63.9 Å². The summed E-state index contributed by atoms with van der Waals surface area (Å²) in [4.78, 5) is 43.0. The van der Waals surface area contributed by atoms with Crippen molar-refractivity contribution in [3.8, 4) is 0 Å². The van der Waals surface area contributed by atoms with Gasteiger partial charge in [-0.2, -0.15) is 0 Å². The molecule has 0 bridgehead atoms. The molecule has 0 radical (unpaired) electrons. The molecule has 16 N–H and O–H groups in total. The van der Waals surface area contributed by atoms with Crippen LogP contribution in [-0.2, 0) is 28.6 Å². The summed E-state index contributed by atoms with van der Waals surface area (Å²) in [7, 11) is 0. The van der Waals surface area contributed by atoms with Crippen molar-refractivity contribution in [2.75, 3.05) is 6.61 Å². The molecule has 22 heteroatoms. The lowest BCUT2D eigenvalue weighted by atomic mass is 9.88. The van der Waals surface area contributed by atoms with Gasteiger partial charge in [-0.3, -0.25) is 15.0 Å². The van der Waals surface area contributed by atoms with Gasteiger partial charge < -0.3 is 81.8 Å². The molecule has 0 unspecified atom stereocenters. The van der Waals surface area contributed by atoms with E-state index in [0.29, 0.717) is 12.8 Å². The number of aliphatic hydroxyl groups excluding tert-OH is 7. The molecule has 1 fully saturated rings. The minimum Gasteiger partial charge on any atom is -0.462 e. The minimum absolute atomic E-state index is 0.0704. The molecule has 0 aromatic rings. The highest BCUT2D eigenvalue weighted by Crippen LogP contribution is 2.27. The van der Waals surface area contributed by atoms with Gasteiger partial charge in [0, 0.05) is 43.6 Å². The Morgan fingerprint density at radius 1 is 0.770 bits per heavy atom. The van der Waals surface area contributed by atoms with E-state index in [0.717, 1.165) is 0 Å².